The van der Waals surface area contributed by atoms with Crippen molar-refractivity contribution in [2.45, 2.75) is 39.5 Å². The molecule has 2 aromatic carbocycles. The number of nitrogens with two attached hydrogens (primary N) is 1. The summed E-state index contributed by atoms with van der Waals surface area (Å²) in [7, 11) is 0. The summed E-state index contributed by atoms with van der Waals surface area (Å²) in [5.74, 6) is 0.457. The van der Waals surface area contributed by atoms with Gasteiger partial charge in [0.15, 0.2) is 0 Å². The van der Waals surface area contributed by atoms with Crippen LogP contribution < -0.4 is 5.73 Å². The molecule has 0 heterocycles. The molecule has 0 aliphatic heterocycles. The molecule has 106 valence electrons. The largest absolute Gasteiger partial charge is 0.330 e. The van der Waals surface area contributed by atoms with Crippen molar-refractivity contribution in [2.24, 2.45) is 5.73 Å². The van der Waals surface area contributed by atoms with Crippen LogP contribution >= 0.6 is 0 Å². The minimum Gasteiger partial charge on any atom is -0.330 e. The van der Waals surface area contributed by atoms with Gasteiger partial charge in [0.2, 0.25) is 0 Å². The summed E-state index contributed by atoms with van der Waals surface area (Å²) in [4.78, 5) is 0. The molecule has 2 N–H and O–H groups in total. The first-order valence-electron chi connectivity index (χ1n) is 7.46. The average molecular weight is 267 g/mol. The first-order valence-corrected chi connectivity index (χ1v) is 7.46. The zero-order chi connectivity index (χ0) is 14.5. The summed E-state index contributed by atoms with van der Waals surface area (Å²) in [6.45, 7) is 7.32. The van der Waals surface area contributed by atoms with Gasteiger partial charge < -0.3 is 5.73 Å². The maximum Gasteiger partial charge on any atom is 0.00925 e. The predicted molar refractivity (Wildman–Crippen MR) is 87.2 cm³/mol. The summed E-state index contributed by atoms with van der Waals surface area (Å²) in [5, 5.41) is 0. The van der Waals surface area contributed by atoms with E-state index in [0.29, 0.717) is 5.92 Å². The van der Waals surface area contributed by atoms with E-state index >= 15 is 0 Å². The van der Waals surface area contributed by atoms with Gasteiger partial charge in [-0.25, -0.2) is 0 Å². The summed E-state index contributed by atoms with van der Waals surface area (Å²) in [6.07, 6.45) is 2.18. The van der Waals surface area contributed by atoms with Gasteiger partial charge in [-0.1, -0.05) is 42.5 Å². The molecule has 2 aromatic rings. The Bertz CT molecular complexity index is 572. The van der Waals surface area contributed by atoms with Gasteiger partial charge in [0.1, 0.15) is 0 Å². The van der Waals surface area contributed by atoms with E-state index in [-0.39, 0.29) is 0 Å². The van der Waals surface area contributed by atoms with Crippen molar-refractivity contribution in [2.75, 3.05) is 6.54 Å². The van der Waals surface area contributed by atoms with Crippen LogP contribution in [0.25, 0.3) is 0 Å². The van der Waals surface area contributed by atoms with E-state index in [0.717, 1.165) is 19.4 Å². The van der Waals surface area contributed by atoms with Crippen LogP contribution in [0.4, 0.5) is 0 Å². The van der Waals surface area contributed by atoms with Crippen LogP contribution in [-0.2, 0) is 0 Å². The topological polar surface area (TPSA) is 26.0 Å². The smallest absolute Gasteiger partial charge is 0.00925 e. The third kappa shape index (κ3) is 3.29. The van der Waals surface area contributed by atoms with Gasteiger partial charge in [-0.2, -0.15) is 0 Å². The Morgan fingerprint density at radius 2 is 1.65 bits per heavy atom. The monoisotopic (exact) mass is 267 g/mol. The van der Waals surface area contributed by atoms with Crippen molar-refractivity contribution in [3.05, 3.63) is 70.3 Å². The van der Waals surface area contributed by atoms with Gasteiger partial charge in [0.05, 0.1) is 0 Å². The fourth-order valence-electron chi connectivity index (χ4n) is 2.78. The van der Waals surface area contributed by atoms with E-state index < -0.39 is 0 Å². The van der Waals surface area contributed by atoms with Crippen molar-refractivity contribution < 1.29 is 0 Å². The quantitative estimate of drug-likeness (QED) is 0.849. The summed E-state index contributed by atoms with van der Waals surface area (Å²) in [6, 6.07) is 15.5. The molecule has 1 heteroatoms. The second-order valence-electron chi connectivity index (χ2n) is 5.68. The van der Waals surface area contributed by atoms with E-state index in [1.165, 1.54) is 27.8 Å². The van der Waals surface area contributed by atoms with Gasteiger partial charge in [0.25, 0.3) is 0 Å². The molecule has 0 saturated carbocycles. The van der Waals surface area contributed by atoms with Crippen molar-refractivity contribution in [1.29, 1.82) is 0 Å². The average Bonchev–Trinajstić information content (AvgIpc) is 2.44. The van der Waals surface area contributed by atoms with Crippen molar-refractivity contribution >= 4 is 0 Å². The Labute approximate surface area is 122 Å². The van der Waals surface area contributed by atoms with Crippen molar-refractivity contribution in [3.8, 4) is 0 Å². The number of rotatable bonds is 5. The zero-order valence-electron chi connectivity index (χ0n) is 12.8. The molecule has 2 rings (SSSR count). The lowest BCUT2D eigenvalue weighted by Crippen LogP contribution is -2.07. The number of hydrogen-bond acceptors (Lipinski definition) is 1. The number of aryl methyl sites for hydroxylation is 3. The highest BCUT2D eigenvalue weighted by Gasteiger charge is 2.16. The van der Waals surface area contributed by atoms with Gasteiger partial charge in [-0.05, 0) is 68.0 Å². The fraction of sp³-hybridized carbons (Fsp3) is 0.368. The Kier molecular flexibility index (Phi) is 4.97. The fourth-order valence-corrected chi connectivity index (χ4v) is 2.78. The summed E-state index contributed by atoms with van der Waals surface area (Å²) in [5.41, 5.74) is 12.7. The summed E-state index contributed by atoms with van der Waals surface area (Å²) < 4.78 is 0. The molecule has 0 unspecified atom stereocenters. The normalized spacial score (nSPS) is 12.4. The molecule has 0 radical (unpaired) electrons. The van der Waals surface area contributed by atoms with Gasteiger partial charge in [0, 0.05) is 5.92 Å². The third-order valence-electron chi connectivity index (χ3n) is 4.19. The number of hydrogen-bond donors (Lipinski definition) is 1. The SMILES string of the molecule is Cc1ccc([C@H](CCCN)c2ccccc2C)cc1C. The van der Waals surface area contributed by atoms with Crippen LogP contribution in [0.5, 0.6) is 0 Å². The van der Waals surface area contributed by atoms with Crippen molar-refractivity contribution in [1.82, 2.24) is 0 Å². The standard InChI is InChI=1S/C19H25N/c1-14-10-11-17(13-16(14)3)19(9-6-12-20)18-8-5-4-7-15(18)2/h4-5,7-8,10-11,13,19H,6,9,12,20H2,1-3H3/t19-/m0/s1. The first kappa shape index (κ1) is 14.8. The molecule has 0 aliphatic rings. The second-order valence-corrected chi connectivity index (χ2v) is 5.68. The maximum atomic E-state index is 5.73. The van der Waals surface area contributed by atoms with Gasteiger partial charge in [-0.3, -0.25) is 0 Å². The van der Waals surface area contributed by atoms with Crippen LogP contribution in [-0.4, -0.2) is 6.54 Å². The van der Waals surface area contributed by atoms with E-state index in [1.54, 1.807) is 0 Å². The molecular weight excluding hydrogens is 242 g/mol. The highest BCUT2D eigenvalue weighted by Crippen LogP contribution is 2.32. The molecule has 0 saturated heterocycles. The Balaban J connectivity index is 2.41. The van der Waals surface area contributed by atoms with Crippen LogP contribution in [0.2, 0.25) is 0 Å². The highest BCUT2D eigenvalue weighted by atomic mass is 14.5. The van der Waals surface area contributed by atoms with E-state index in [4.69, 9.17) is 5.73 Å². The molecule has 0 aromatic heterocycles. The van der Waals surface area contributed by atoms with Crippen LogP contribution in [0.1, 0.15) is 46.6 Å². The molecular formula is C19H25N. The Morgan fingerprint density at radius 3 is 2.30 bits per heavy atom. The highest BCUT2D eigenvalue weighted by molar-refractivity contribution is 5.40. The van der Waals surface area contributed by atoms with E-state index in [9.17, 15) is 0 Å². The lowest BCUT2D eigenvalue weighted by Gasteiger charge is -2.21. The van der Waals surface area contributed by atoms with Crippen molar-refractivity contribution in [3.63, 3.8) is 0 Å². The maximum absolute atomic E-state index is 5.73. The molecule has 20 heavy (non-hydrogen) atoms. The van der Waals surface area contributed by atoms with E-state index in [1.807, 2.05) is 0 Å². The molecule has 0 aliphatic carbocycles. The molecule has 1 nitrogen and oxygen atoms in total. The van der Waals surface area contributed by atoms with Gasteiger partial charge >= 0.3 is 0 Å². The van der Waals surface area contributed by atoms with Crippen LogP contribution in [0, 0.1) is 20.8 Å². The molecule has 1 atom stereocenters. The second kappa shape index (κ2) is 6.71. The molecule has 0 bridgehead atoms. The molecule has 0 fully saturated rings. The predicted octanol–water partition coefficient (Wildman–Crippen LogP) is 4.48. The zero-order valence-corrected chi connectivity index (χ0v) is 12.8. The lowest BCUT2D eigenvalue weighted by molar-refractivity contribution is 0.666. The number of benzene rings is 2. The molecule has 0 spiro atoms. The minimum absolute atomic E-state index is 0.457. The molecule has 0 amide bonds. The van der Waals surface area contributed by atoms with Crippen LogP contribution in [0.3, 0.4) is 0 Å². The minimum atomic E-state index is 0.457. The van der Waals surface area contributed by atoms with E-state index in [2.05, 4.69) is 63.2 Å². The summed E-state index contributed by atoms with van der Waals surface area (Å²) >= 11 is 0. The Hall–Kier alpha value is -1.60. The lowest BCUT2D eigenvalue weighted by atomic mass is 9.84. The first-order chi connectivity index (χ1) is 9.63. The Morgan fingerprint density at radius 1 is 0.900 bits per heavy atom. The third-order valence-corrected chi connectivity index (χ3v) is 4.19. The van der Waals surface area contributed by atoms with Crippen LogP contribution in [0.15, 0.2) is 42.5 Å². The van der Waals surface area contributed by atoms with Gasteiger partial charge in [-0.15, -0.1) is 0 Å².